The van der Waals surface area contributed by atoms with Crippen LogP contribution < -0.4 is 9.62 Å². The highest BCUT2D eigenvalue weighted by atomic mass is 32.2. The van der Waals surface area contributed by atoms with Gasteiger partial charge in [-0.2, -0.15) is 0 Å². The molecular weight excluding hydrogens is 402 g/mol. The topological polar surface area (TPSA) is 79.0 Å². The Morgan fingerprint density at radius 3 is 2.67 bits per heavy atom. The summed E-state index contributed by atoms with van der Waals surface area (Å²) in [6, 6.07) is 13.8. The summed E-state index contributed by atoms with van der Waals surface area (Å²) in [5.74, 6) is -0.269. The molecule has 1 amide bonds. The zero-order chi connectivity index (χ0) is 21.1. The van der Waals surface area contributed by atoms with Crippen LogP contribution in [0, 0.1) is 0 Å². The second kappa shape index (κ2) is 8.75. The van der Waals surface area contributed by atoms with Crippen LogP contribution >= 0.6 is 0 Å². The van der Waals surface area contributed by atoms with E-state index in [1.54, 1.807) is 18.2 Å². The molecule has 8 heteroatoms. The number of fused-ring (bicyclic) bond motifs is 1. The first-order valence-electron chi connectivity index (χ1n) is 10.3. The maximum atomic E-state index is 13.2. The number of rotatable bonds is 6. The van der Waals surface area contributed by atoms with E-state index in [9.17, 15) is 13.2 Å². The Morgan fingerprint density at radius 1 is 1.10 bits per heavy atom. The van der Waals surface area contributed by atoms with Crippen LogP contribution in [0.3, 0.4) is 0 Å². The highest BCUT2D eigenvalue weighted by Gasteiger charge is 2.31. The fourth-order valence-corrected chi connectivity index (χ4v) is 5.56. The minimum atomic E-state index is -3.73. The summed E-state index contributed by atoms with van der Waals surface area (Å²) in [4.78, 5) is 15.1. The van der Waals surface area contributed by atoms with Crippen molar-refractivity contribution in [2.45, 2.75) is 24.3 Å². The lowest BCUT2D eigenvalue weighted by Crippen LogP contribution is -2.46. The number of nitrogens with one attached hydrogen (secondary N) is 1. The van der Waals surface area contributed by atoms with Gasteiger partial charge in [0.2, 0.25) is 0 Å². The maximum absolute atomic E-state index is 13.2. The van der Waals surface area contributed by atoms with Crippen molar-refractivity contribution in [1.82, 2.24) is 10.2 Å². The summed E-state index contributed by atoms with van der Waals surface area (Å²) in [5.41, 5.74) is 2.08. The third-order valence-electron chi connectivity index (χ3n) is 5.54. The monoisotopic (exact) mass is 429 g/mol. The van der Waals surface area contributed by atoms with Crippen molar-refractivity contribution in [2.75, 3.05) is 43.7 Å². The van der Waals surface area contributed by atoms with Crippen LogP contribution in [0.5, 0.6) is 0 Å². The molecule has 0 aliphatic carbocycles. The molecule has 0 saturated carbocycles. The summed E-state index contributed by atoms with van der Waals surface area (Å²) in [5, 5.41) is 2.98. The number of carbonyl (C=O) groups excluding carboxylic acids is 1. The van der Waals surface area contributed by atoms with Crippen LogP contribution in [0.1, 0.15) is 22.8 Å². The number of morpholine rings is 1. The van der Waals surface area contributed by atoms with E-state index < -0.39 is 10.0 Å². The van der Waals surface area contributed by atoms with E-state index in [0.717, 1.165) is 25.2 Å². The minimum Gasteiger partial charge on any atom is -0.379 e. The molecule has 1 atom stereocenters. The van der Waals surface area contributed by atoms with E-state index in [1.165, 1.54) is 10.4 Å². The van der Waals surface area contributed by atoms with E-state index >= 15 is 0 Å². The number of hydrogen-bond donors (Lipinski definition) is 1. The predicted octanol–water partition coefficient (Wildman–Crippen LogP) is 1.89. The van der Waals surface area contributed by atoms with Gasteiger partial charge in [-0.1, -0.05) is 24.3 Å². The molecule has 1 unspecified atom stereocenters. The van der Waals surface area contributed by atoms with Gasteiger partial charge in [0, 0.05) is 37.8 Å². The fraction of sp³-hybridized carbons (Fsp3) is 0.409. The molecule has 160 valence electrons. The number of anilines is 1. The van der Waals surface area contributed by atoms with Gasteiger partial charge in [0.15, 0.2) is 0 Å². The number of hydrogen-bond acceptors (Lipinski definition) is 5. The molecule has 0 bridgehead atoms. The third kappa shape index (κ3) is 4.35. The lowest BCUT2D eigenvalue weighted by molar-refractivity contribution is 0.0342. The van der Waals surface area contributed by atoms with Crippen LogP contribution in [-0.4, -0.2) is 64.7 Å². The van der Waals surface area contributed by atoms with Crippen molar-refractivity contribution in [3.63, 3.8) is 0 Å². The van der Waals surface area contributed by atoms with Gasteiger partial charge in [0.25, 0.3) is 15.9 Å². The number of sulfonamides is 1. The Hall–Kier alpha value is -2.42. The van der Waals surface area contributed by atoms with Crippen molar-refractivity contribution >= 4 is 21.6 Å². The molecule has 30 heavy (non-hydrogen) atoms. The van der Waals surface area contributed by atoms with Gasteiger partial charge in [0.05, 0.1) is 23.8 Å². The van der Waals surface area contributed by atoms with Crippen molar-refractivity contribution in [3.8, 4) is 0 Å². The van der Waals surface area contributed by atoms with E-state index in [4.69, 9.17) is 4.74 Å². The lowest BCUT2D eigenvalue weighted by atomic mass is 10.2. The zero-order valence-electron chi connectivity index (χ0n) is 17.1. The molecule has 2 aliphatic heterocycles. The van der Waals surface area contributed by atoms with Crippen molar-refractivity contribution in [1.29, 1.82) is 0 Å². The van der Waals surface area contributed by atoms with E-state index in [2.05, 4.69) is 10.2 Å². The van der Waals surface area contributed by atoms with Crippen molar-refractivity contribution in [2.24, 2.45) is 0 Å². The fourth-order valence-electron chi connectivity index (χ4n) is 4.01. The molecule has 2 aliphatic rings. The van der Waals surface area contributed by atoms with Gasteiger partial charge in [-0.05, 0) is 43.2 Å². The van der Waals surface area contributed by atoms with Gasteiger partial charge in [-0.15, -0.1) is 0 Å². The average molecular weight is 430 g/mol. The first-order chi connectivity index (χ1) is 14.4. The van der Waals surface area contributed by atoms with Crippen LogP contribution in [0.25, 0.3) is 0 Å². The van der Waals surface area contributed by atoms with Crippen LogP contribution in [0.2, 0.25) is 0 Å². The smallest absolute Gasteiger partial charge is 0.264 e. The third-order valence-corrected chi connectivity index (χ3v) is 7.35. The van der Waals surface area contributed by atoms with Gasteiger partial charge in [-0.3, -0.25) is 14.0 Å². The van der Waals surface area contributed by atoms with E-state index in [1.807, 2.05) is 31.2 Å². The molecule has 1 saturated heterocycles. The van der Waals surface area contributed by atoms with Gasteiger partial charge in [0.1, 0.15) is 0 Å². The zero-order valence-corrected chi connectivity index (χ0v) is 17.9. The molecule has 0 spiro atoms. The summed E-state index contributed by atoms with van der Waals surface area (Å²) < 4.78 is 33.2. The molecule has 1 N–H and O–H groups in total. The molecule has 0 radical (unpaired) electrons. The molecule has 2 aromatic rings. The average Bonchev–Trinajstić information content (AvgIpc) is 3.19. The number of para-hydroxylation sites is 1. The van der Waals surface area contributed by atoms with Crippen molar-refractivity contribution in [3.05, 3.63) is 59.7 Å². The normalized spacial score (nSPS) is 18.1. The standard InChI is InChI=1S/C22H27N3O4S/c1-17(16-24-11-13-29-14-12-24)23-22(26)19-6-4-7-20(15-19)30(27,28)25-10-9-18-5-2-3-8-21(18)25/h2-8,15,17H,9-14,16H2,1H3,(H,23,26). The van der Waals surface area contributed by atoms with Gasteiger partial charge < -0.3 is 10.1 Å². The summed E-state index contributed by atoms with van der Waals surface area (Å²) in [6.45, 7) is 6.22. The molecule has 0 aromatic heterocycles. The Bertz CT molecular complexity index is 1020. The maximum Gasteiger partial charge on any atom is 0.264 e. The Balaban J connectivity index is 1.47. The Morgan fingerprint density at radius 2 is 1.87 bits per heavy atom. The minimum absolute atomic E-state index is 0.0543. The second-order valence-electron chi connectivity index (χ2n) is 7.77. The largest absolute Gasteiger partial charge is 0.379 e. The van der Waals surface area contributed by atoms with E-state index in [0.29, 0.717) is 37.4 Å². The molecule has 1 fully saturated rings. The van der Waals surface area contributed by atoms with E-state index in [-0.39, 0.29) is 16.8 Å². The Kier molecular flexibility index (Phi) is 6.08. The van der Waals surface area contributed by atoms with Crippen LogP contribution in [0.15, 0.2) is 53.4 Å². The Labute approximate surface area is 177 Å². The van der Waals surface area contributed by atoms with Crippen molar-refractivity contribution < 1.29 is 17.9 Å². The molecular formula is C22H27N3O4S. The predicted molar refractivity (Wildman–Crippen MR) is 115 cm³/mol. The summed E-state index contributed by atoms with van der Waals surface area (Å²) in [7, 11) is -3.73. The van der Waals surface area contributed by atoms with Gasteiger partial charge in [-0.25, -0.2) is 8.42 Å². The van der Waals surface area contributed by atoms with Crippen LogP contribution in [-0.2, 0) is 21.2 Å². The number of carbonyl (C=O) groups is 1. The lowest BCUT2D eigenvalue weighted by Gasteiger charge is -2.29. The quantitative estimate of drug-likeness (QED) is 0.759. The number of amides is 1. The second-order valence-corrected chi connectivity index (χ2v) is 9.63. The number of nitrogens with zero attached hydrogens (tertiary/aromatic N) is 2. The highest BCUT2D eigenvalue weighted by molar-refractivity contribution is 7.92. The summed E-state index contributed by atoms with van der Waals surface area (Å²) in [6.07, 6.45) is 0.689. The molecule has 4 rings (SSSR count). The number of benzene rings is 2. The highest BCUT2D eigenvalue weighted by Crippen LogP contribution is 2.32. The molecule has 2 aromatic carbocycles. The summed E-state index contributed by atoms with van der Waals surface area (Å²) >= 11 is 0. The number of ether oxygens (including phenoxy) is 1. The van der Waals surface area contributed by atoms with Gasteiger partial charge >= 0.3 is 0 Å². The first kappa shape index (κ1) is 20.8. The molecule has 2 heterocycles. The van der Waals surface area contributed by atoms with Crippen LogP contribution in [0.4, 0.5) is 5.69 Å². The SMILES string of the molecule is CC(CN1CCOCC1)NC(=O)c1cccc(S(=O)(=O)N2CCc3ccccc32)c1. The molecule has 7 nitrogen and oxygen atoms in total. The first-order valence-corrected chi connectivity index (χ1v) is 11.7.